The normalized spacial score (nSPS) is 18.6. The predicted octanol–water partition coefficient (Wildman–Crippen LogP) is 1.38. The van der Waals surface area contributed by atoms with Gasteiger partial charge in [-0.05, 0) is 18.9 Å². The number of guanidine groups is 1. The molecule has 6 heteroatoms. The summed E-state index contributed by atoms with van der Waals surface area (Å²) >= 11 is 0. The summed E-state index contributed by atoms with van der Waals surface area (Å²) in [6.45, 7) is 5.35. The third-order valence-corrected chi connectivity index (χ3v) is 3.93. The zero-order chi connectivity index (χ0) is 17.2. The minimum Gasteiger partial charge on any atom is -0.375 e. The summed E-state index contributed by atoms with van der Waals surface area (Å²) in [6.07, 6.45) is 1.44. The highest BCUT2D eigenvalue weighted by molar-refractivity contribution is 5.81. The molecule has 0 aliphatic carbocycles. The molecule has 1 amide bonds. The molecule has 6 nitrogen and oxygen atoms in total. The van der Waals surface area contributed by atoms with Gasteiger partial charge in [0.05, 0.1) is 19.8 Å². The van der Waals surface area contributed by atoms with Gasteiger partial charge >= 0.3 is 0 Å². The molecular weight excluding hydrogens is 304 g/mol. The van der Waals surface area contributed by atoms with Crippen LogP contribution in [-0.2, 0) is 16.1 Å². The quantitative estimate of drug-likeness (QED) is 0.450. The molecule has 0 aromatic heterocycles. The van der Waals surface area contributed by atoms with Gasteiger partial charge in [0.1, 0.15) is 0 Å². The first kappa shape index (κ1) is 18.3. The van der Waals surface area contributed by atoms with Crippen molar-refractivity contribution < 1.29 is 9.53 Å². The number of carbonyl (C=O) groups is 1. The van der Waals surface area contributed by atoms with Crippen LogP contribution in [0.2, 0.25) is 0 Å². The van der Waals surface area contributed by atoms with E-state index < -0.39 is 0 Å². The second-order valence-corrected chi connectivity index (χ2v) is 5.95. The second kappa shape index (κ2) is 9.93. The molecule has 1 unspecified atom stereocenters. The average molecular weight is 332 g/mol. The molecule has 2 rings (SSSR count). The van der Waals surface area contributed by atoms with Crippen molar-refractivity contribution in [3.8, 4) is 0 Å². The van der Waals surface area contributed by atoms with Crippen molar-refractivity contribution in [1.82, 2.24) is 15.5 Å². The summed E-state index contributed by atoms with van der Waals surface area (Å²) in [6, 6.07) is 10.4. The largest absolute Gasteiger partial charge is 0.375 e. The number of aliphatic imine (C=N–C) groups is 1. The number of hydrogen-bond acceptors (Lipinski definition) is 3. The maximum Gasteiger partial charge on any atom is 0.222 e. The number of hydrogen-bond donors (Lipinski definition) is 2. The van der Waals surface area contributed by atoms with Crippen LogP contribution in [-0.4, -0.2) is 56.1 Å². The van der Waals surface area contributed by atoms with Crippen molar-refractivity contribution in [3.05, 3.63) is 35.9 Å². The lowest BCUT2D eigenvalue weighted by atomic mass is 10.1. The number of ether oxygens (including phenoxy) is 1. The van der Waals surface area contributed by atoms with Crippen molar-refractivity contribution in [3.63, 3.8) is 0 Å². The average Bonchev–Trinajstić information content (AvgIpc) is 2.59. The van der Waals surface area contributed by atoms with Gasteiger partial charge in [-0.25, -0.2) is 0 Å². The summed E-state index contributed by atoms with van der Waals surface area (Å²) in [4.78, 5) is 17.9. The Morgan fingerprint density at radius 2 is 2.17 bits per heavy atom. The van der Waals surface area contributed by atoms with Gasteiger partial charge in [0, 0.05) is 32.6 Å². The summed E-state index contributed by atoms with van der Waals surface area (Å²) in [5.74, 6) is 0.998. The van der Waals surface area contributed by atoms with Crippen LogP contribution in [0.5, 0.6) is 0 Å². The second-order valence-electron chi connectivity index (χ2n) is 5.95. The molecule has 1 saturated heterocycles. The molecule has 1 atom stereocenters. The lowest BCUT2D eigenvalue weighted by molar-refractivity contribution is -0.132. The van der Waals surface area contributed by atoms with Crippen LogP contribution in [0.3, 0.4) is 0 Å². The number of likely N-dealkylation sites (tertiary alicyclic amines) is 1. The Morgan fingerprint density at radius 1 is 1.38 bits per heavy atom. The van der Waals surface area contributed by atoms with Crippen LogP contribution in [0.1, 0.15) is 25.3 Å². The number of rotatable bonds is 7. The summed E-state index contributed by atoms with van der Waals surface area (Å²) in [7, 11) is 1.84. The van der Waals surface area contributed by atoms with Gasteiger partial charge in [-0.15, -0.1) is 0 Å². The Morgan fingerprint density at radius 3 is 2.88 bits per heavy atom. The molecule has 1 aromatic carbocycles. The topological polar surface area (TPSA) is 66.0 Å². The van der Waals surface area contributed by atoms with E-state index in [4.69, 9.17) is 4.74 Å². The molecule has 0 radical (unpaired) electrons. The monoisotopic (exact) mass is 332 g/mol. The van der Waals surface area contributed by atoms with E-state index in [1.165, 1.54) is 5.56 Å². The molecule has 1 heterocycles. The van der Waals surface area contributed by atoms with Gasteiger partial charge < -0.3 is 20.3 Å². The van der Waals surface area contributed by atoms with Crippen molar-refractivity contribution in [1.29, 1.82) is 0 Å². The lowest BCUT2D eigenvalue weighted by Gasteiger charge is -2.31. The fourth-order valence-electron chi connectivity index (χ4n) is 2.63. The van der Waals surface area contributed by atoms with E-state index in [9.17, 15) is 4.79 Å². The van der Waals surface area contributed by atoms with Gasteiger partial charge in [0.2, 0.25) is 5.91 Å². The molecule has 1 aliphatic rings. The van der Waals surface area contributed by atoms with Crippen molar-refractivity contribution >= 4 is 11.9 Å². The number of nitrogens with zero attached hydrogens (tertiary/aromatic N) is 2. The molecular formula is C18H28N4O2. The third kappa shape index (κ3) is 6.20. The Kier molecular flexibility index (Phi) is 7.55. The van der Waals surface area contributed by atoms with Crippen LogP contribution in [0.15, 0.2) is 35.3 Å². The Balaban J connectivity index is 1.73. The van der Waals surface area contributed by atoms with Gasteiger partial charge in [-0.3, -0.25) is 9.79 Å². The van der Waals surface area contributed by atoms with Crippen LogP contribution in [0.4, 0.5) is 0 Å². The maximum atomic E-state index is 11.5. The van der Waals surface area contributed by atoms with E-state index in [0.29, 0.717) is 32.7 Å². The highest BCUT2D eigenvalue weighted by Gasteiger charge is 2.23. The van der Waals surface area contributed by atoms with Crippen molar-refractivity contribution in [2.45, 2.75) is 32.4 Å². The zero-order valence-electron chi connectivity index (χ0n) is 14.6. The highest BCUT2D eigenvalue weighted by atomic mass is 16.5. The van der Waals surface area contributed by atoms with Crippen LogP contribution < -0.4 is 10.6 Å². The molecule has 1 fully saturated rings. The predicted molar refractivity (Wildman–Crippen MR) is 95.9 cm³/mol. The molecule has 0 spiro atoms. The summed E-state index contributed by atoms with van der Waals surface area (Å²) in [5.41, 5.74) is 1.17. The fraction of sp³-hybridized carbons (Fsp3) is 0.556. The van der Waals surface area contributed by atoms with Crippen molar-refractivity contribution in [2.75, 3.05) is 33.3 Å². The molecule has 1 aromatic rings. The number of carbonyl (C=O) groups excluding carboxylic acids is 1. The van der Waals surface area contributed by atoms with E-state index in [1.807, 2.05) is 32.2 Å². The minimum absolute atomic E-state index is 0.212. The van der Waals surface area contributed by atoms with Gasteiger partial charge in [-0.1, -0.05) is 30.3 Å². The van der Waals surface area contributed by atoms with Gasteiger partial charge in [0.25, 0.3) is 0 Å². The molecule has 0 bridgehead atoms. The smallest absolute Gasteiger partial charge is 0.222 e. The number of piperidine rings is 1. The molecule has 2 N–H and O–H groups in total. The van der Waals surface area contributed by atoms with E-state index in [0.717, 1.165) is 18.9 Å². The van der Waals surface area contributed by atoms with E-state index in [1.54, 1.807) is 4.90 Å². The Bertz CT molecular complexity index is 533. The Hall–Kier alpha value is -2.08. The van der Waals surface area contributed by atoms with E-state index in [-0.39, 0.29) is 11.9 Å². The highest BCUT2D eigenvalue weighted by Crippen LogP contribution is 2.09. The number of likely N-dealkylation sites (N-methyl/N-ethyl adjacent to an activating group) is 1. The summed E-state index contributed by atoms with van der Waals surface area (Å²) < 4.78 is 5.65. The minimum atomic E-state index is 0.212. The maximum absolute atomic E-state index is 11.5. The number of amides is 1. The van der Waals surface area contributed by atoms with Gasteiger partial charge in [-0.2, -0.15) is 0 Å². The first-order valence-electron chi connectivity index (χ1n) is 8.59. The molecule has 1 aliphatic heterocycles. The van der Waals surface area contributed by atoms with Crippen LogP contribution in [0.25, 0.3) is 0 Å². The number of benzene rings is 1. The first-order chi connectivity index (χ1) is 11.7. The molecule has 132 valence electrons. The SMILES string of the molecule is CCNC(=NCCOCc1ccccc1)NC1CCC(=O)N(C)C1. The standard InChI is InChI=1S/C18H28N4O2/c1-3-19-18(21-16-9-10-17(23)22(2)13-16)20-11-12-24-14-15-7-5-4-6-8-15/h4-8,16H,3,9-14H2,1-2H3,(H2,19,20,21). The van der Waals surface area contributed by atoms with Crippen LogP contribution in [0, 0.1) is 0 Å². The van der Waals surface area contributed by atoms with Gasteiger partial charge in [0.15, 0.2) is 5.96 Å². The fourth-order valence-corrected chi connectivity index (χ4v) is 2.63. The number of nitrogens with one attached hydrogen (secondary N) is 2. The molecule has 24 heavy (non-hydrogen) atoms. The van der Waals surface area contributed by atoms with Crippen molar-refractivity contribution in [2.24, 2.45) is 4.99 Å². The van der Waals surface area contributed by atoms with E-state index >= 15 is 0 Å². The summed E-state index contributed by atoms with van der Waals surface area (Å²) in [5, 5.41) is 6.65. The lowest BCUT2D eigenvalue weighted by Crippen LogP contribution is -2.51. The first-order valence-corrected chi connectivity index (χ1v) is 8.59. The zero-order valence-corrected chi connectivity index (χ0v) is 14.6. The Labute approximate surface area is 144 Å². The molecule has 0 saturated carbocycles. The van der Waals surface area contributed by atoms with Crippen LogP contribution >= 0.6 is 0 Å². The third-order valence-electron chi connectivity index (χ3n) is 3.93. The van der Waals surface area contributed by atoms with E-state index in [2.05, 4.69) is 27.8 Å².